The van der Waals surface area contributed by atoms with Crippen LogP contribution in [0.3, 0.4) is 0 Å². The highest BCUT2D eigenvalue weighted by Crippen LogP contribution is 2.31. The largest absolute Gasteiger partial charge is 0.429 e. The van der Waals surface area contributed by atoms with Gasteiger partial charge in [0.25, 0.3) is 0 Å². The summed E-state index contributed by atoms with van der Waals surface area (Å²) in [5.74, 6) is -1.78. The molecule has 108 valence electrons. The van der Waals surface area contributed by atoms with Crippen LogP contribution in [0, 0.1) is 15.9 Å². The van der Waals surface area contributed by atoms with Gasteiger partial charge in [0.2, 0.25) is 11.6 Å². The van der Waals surface area contributed by atoms with Crippen LogP contribution < -0.4 is 10.5 Å². The van der Waals surface area contributed by atoms with Gasteiger partial charge >= 0.3 is 5.69 Å². The van der Waals surface area contributed by atoms with Gasteiger partial charge in [-0.3, -0.25) is 10.1 Å². The van der Waals surface area contributed by atoms with E-state index in [0.717, 1.165) is 18.2 Å². The fourth-order valence-corrected chi connectivity index (χ4v) is 1.45. The van der Waals surface area contributed by atoms with Gasteiger partial charge in [-0.15, -0.1) is 0 Å². The molecule has 2 aromatic rings. The van der Waals surface area contributed by atoms with Crippen molar-refractivity contribution in [3.63, 3.8) is 0 Å². The van der Waals surface area contributed by atoms with Crippen molar-refractivity contribution in [2.75, 3.05) is 0 Å². The number of amidine groups is 1. The Kier molecular flexibility index (Phi) is 3.88. The van der Waals surface area contributed by atoms with Gasteiger partial charge in [0, 0.05) is 24.5 Å². The molecule has 0 aliphatic heterocycles. The van der Waals surface area contributed by atoms with Crippen LogP contribution in [0.2, 0.25) is 0 Å². The summed E-state index contributed by atoms with van der Waals surface area (Å²) in [6.45, 7) is 0. The molecule has 21 heavy (non-hydrogen) atoms. The number of nitrogens with zero attached hydrogens (tertiary/aromatic N) is 4. The first kappa shape index (κ1) is 14.1. The maximum absolute atomic E-state index is 13.2. The molecule has 1 heterocycles. The molecule has 0 amide bonds. The number of aromatic nitrogens is 2. The number of nitro groups is 1. The summed E-state index contributed by atoms with van der Waals surface area (Å²) >= 11 is 0. The second-order valence-electron chi connectivity index (χ2n) is 3.67. The maximum atomic E-state index is 13.2. The molecule has 10 heteroatoms. The summed E-state index contributed by atoms with van der Waals surface area (Å²) < 4.78 is 18.4. The fraction of sp³-hybridized carbons (Fsp3) is 0. The average Bonchev–Trinajstić information content (AvgIpc) is 2.47. The minimum Gasteiger partial charge on any atom is -0.429 e. The highest BCUT2D eigenvalue weighted by molar-refractivity contribution is 5.97. The highest BCUT2D eigenvalue weighted by Gasteiger charge is 2.20. The molecule has 0 saturated carbocycles. The predicted octanol–water partition coefficient (Wildman–Crippen LogP) is 1.41. The summed E-state index contributed by atoms with van der Waals surface area (Å²) in [4.78, 5) is 17.7. The number of halogens is 1. The molecule has 2 rings (SSSR count). The van der Waals surface area contributed by atoms with Crippen LogP contribution in [0.5, 0.6) is 11.6 Å². The number of hydrogen-bond donors (Lipinski definition) is 2. The van der Waals surface area contributed by atoms with Crippen molar-refractivity contribution in [2.45, 2.75) is 0 Å². The van der Waals surface area contributed by atoms with Crippen LogP contribution in [0.1, 0.15) is 5.69 Å². The molecule has 0 aliphatic carbocycles. The first-order valence-electron chi connectivity index (χ1n) is 5.43. The highest BCUT2D eigenvalue weighted by atomic mass is 19.1. The van der Waals surface area contributed by atoms with Gasteiger partial charge in [-0.25, -0.2) is 14.4 Å². The predicted molar refractivity (Wildman–Crippen MR) is 67.7 cm³/mol. The van der Waals surface area contributed by atoms with Gasteiger partial charge in [-0.2, -0.15) is 0 Å². The summed E-state index contributed by atoms with van der Waals surface area (Å²) in [6, 6.07) is 2.69. The molecule has 0 saturated heterocycles. The third-order valence-corrected chi connectivity index (χ3v) is 2.34. The lowest BCUT2D eigenvalue weighted by molar-refractivity contribution is -0.385. The SMILES string of the molecule is NC(=NO)c1nccnc1Oc1cc(F)ccc1[N+](=O)[O-]. The van der Waals surface area contributed by atoms with Crippen LogP contribution in [0.15, 0.2) is 35.7 Å². The lowest BCUT2D eigenvalue weighted by Crippen LogP contribution is -2.16. The minimum atomic E-state index is -0.742. The van der Waals surface area contributed by atoms with E-state index >= 15 is 0 Å². The Hall–Kier alpha value is -3.30. The number of oxime groups is 1. The lowest BCUT2D eigenvalue weighted by Gasteiger charge is -2.08. The summed E-state index contributed by atoms with van der Waals surface area (Å²) in [6.07, 6.45) is 2.48. The molecule has 0 fully saturated rings. The maximum Gasteiger partial charge on any atom is 0.311 e. The van der Waals surface area contributed by atoms with Gasteiger partial charge < -0.3 is 15.7 Å². The Morgan fingerprint density at radius 1 is 1.43 bits per heavy atom. The van der Waals surface area contributed by atoms with Gasteiger partial charge in [0.05, 0.1) is 4.92 Å². The van der Waals surface area contributed by atoms with E-state index in [-0.39, 0.29) is 17.3 Å². The zero-order valence-corrected chi connectivity index (χ0v) is 10.3. The van der Waals surface area contributed by atoms with Crippen LogP contribution in [0.4, 0.5) is 10.1 Å². The monoisotopic (exact) mass is 293 g/mol. The summed E-state index contributed by atoms with van der Waals surface area (Å²) in [5.41, 5.74) is 4.78. The van der Waals surface area contributed by atoms with Gasteiger partial charge in [0.15, 0.2) is 11.5 Å². The molecule has 3 N–H and O–H groups in total. The van der Waals surface area contributed by atoms with E-state index in [1.807, 2.05) is 0 Å². The molecule has 0 radical (unpaired) electrons. The van der Waals surface area contributed by atoms with Gasteiger partial charge in [-0.1, -0.05) is 5.16 Å². The van der Waals surface area contributed by atoms with Crippen molar-refractivity contribution in [2.24, 2.45) is 10.9 Å². The second kappa shape index (κ2) is 5.77. The first-order valence-corrected chi connectivity index (χ1v) is 5.43. The topological polar surface area (TPSA) is 137 Å². The van der Waals surface area contributed by atoms with E-state index in [0.29, 0.717) is 0 Å². The van der Waals surface area contributed by atoms with Crippen molar-refractivity contribution < 1.29 is 19.3 Å². The van der Waals surface area contributed by atoms with E-state index in [1.54, 1.807) is 0 Å². The molecule has 0 aliphatic rings. The Morgan fingerprint density at radius 2 is 2.14 bits per heavy atom. The number of nitrogens with two attached hydrogens (primary N) is 1. The van der Waals surface area contributed by atoms with Crippen LogP contribution in [-0.4, -0.2) is 25.9 Å². The van der Waals surface area contributed by atoms with Crippen molar-refractivity contribution in [1.29, 1.82) is 0 Å². The molecule has 0 atom stereocenters. The fourth-order valence-electron chi connectivity index (χ4n) is 1.45. The third kappa shape index (κ3) is 3.00. The van der Waals surface area contributed by atoms with E-state index in [9.17, 15) is 14.5 Å². The van der Waals surface area contributed by atoms with Crippen molar-refractivity contribution in [3.05, 3.63) is 52.2 Å². The molecular weight excluding hydrogens is 285 g/mol. The number of rotatable bonds is 4. The van der Waals surface area contributed by atoms with Crippen molar-refractivity contribution >= 4 is 11.5 Å². The molecule has 0 spiro atoms. The number of ether oxygens (including phenoxy) is 1. The summed E-state index contributed by atoms with van der Waals surface area (Å²) in [7, 11) is 0. The number of nitro benzene ring substituents is 1. The average molecular weight is 293 g/mol. The number of benzene rings is 1. The normalized spacial score (nSPS) is 11.2. The molecular formula is C11H8FN5O4. The molecule has 0 bridgehead atoms. The lowest BCUT2D eigenvalue weighted by atomic mass is 10.3. The third-order valence-electron chi connectivity index (χ3n) is 2.34. The molecule has 1 aromatic carbocycles. The van der Waals surface area contributed by atoms with Crippen molar-refractivity contribution in [3.8, 4) is 11.6 Å². The van der Waals surface area contributed by atoms with Crippen LogP contribution in [-0.2, 0) is 0 Å². The summed E-state index contributed by atoms with van der Waals surface area (Å²) in [5, 5.41) is 22.3. The zero-order chi connectivity index (χ0) is 15.4. The molecule has 9 nitrogen and oxygen atoms in total. The smallest absolute Gasteiger partial charge is 0.311 e. The standard InChI is InChI=1S/C11H8FN5O4/c12-6-1-2-7(17(19)20)8(5-6)21-11-9(10(13)16-18)14-3-4-15-11/h1-5,18H,(H2,13,16). The van der Waals surface area contributed by atoms with Crippen LogP contribution in [0.25, 0.3) is 0 Å². The number of hydrogen-bond acceptors (Lipinski definition) is 7. The molecule has 1 aromatic heterocycles. The Labute approximate surface area is 116 Å². The van der Waals surface area contributed by atoms with E-state index < -0.39 is 22.3 Å². The van der Waals surface area contributed by atoms with Crippen LogP contribution >= 0.6 is 0 Å². The van der Waals surface area contributed by atoms with E-state index in [2.05, 4.69) is 15.1 Å². The van der Waals surface area contributed by atoms with Gasteiger partial charge in [-0.05, 0) is 6.07 Å². The molecule has 0 unspecified atom stereocenters. The Morgan fingerprint density at radius 3 is 2.81 bits per heavy atom. The van der Waals surface area contributed by atoms with E-state index in [4.69, 9.17) is 15.7 Å². The Balaban J connectivity index is 2.48. The minimum absolute atomic E-state index is 0.140. The Bertz CT molecular complexity index is 722. The zero-order valence-electron chi connectivity index (χ0n) is 10.3. The van der Waals surface area contributed by atoms with Gasteiger partial charge in [0.1, 0.15) is 5.82 Å². The second-order valence-corrected chi connectivity index (χ2v) is 3.67. The van der Waals surface area contributed by atoms with Crippen molar-refractivity contribution in [1.82, 2.24) is 9.97 Å². The van der Waals surface area contributed by atoms with E-state index in [1.165, 1.54) is 12.4 Å². The quantitative estimate of drug-likeness (QED) is 0.286. The first-order chi connectivity index (χ1) is 10.0.